The number of sulfonamides is 1. The summed E-state index contributed by atoms with van der Waals surface area (Å²) in [6, 6.07) is 9.54. The normalized spacial score (nSPS) is 20.9. The maximum absolute atomic E-state index is 13.2. The van der Waals surface area contributed by atoms with Gasteiger partial charge in [0.15, 0.2) is 0 Å². The summed E-state index contributed by atoms with van der Waals surface area (Å²) in [5.74, 6) is 0.241. The predicted molar refractivity (Wildman–Crippen MR) is 90.3 cm³/mol. The maximum Gasteiger partial charge on any atom is 0.248 e. The van der Waals surface area contributed by atoms with Crippen LogP contribution in [-0.4, -0.2) is 29.9 Å². The zero-order valence-corrected chi connectivity index (χ0v) is 14.6. The molecule has 6 heteroatoms. The van der Waals surface area contributed by atoms with Gasteiger partial charge in [0.2, 0.25) is 15.9 Å². The topological polar surface area (TPSA) is 59.5 Å². The molecule has 1 aromatic heterocycles. The Balaban J connectivity index is 1.80. The van der Waals surface area contributed by atoms with Crippen molar-refractivity contribution in [3.05, 3.63) is 53.2 Å². The number of rotatable bonds is 2. The van der Waals surface area contributed by atoms with Gasteiger partial charge in [-0.15, -0.1) is 0 Å². The van der Waals surface area contributed by atoms with Gasteiger partial charge in [0.05, 0.1) is 6.54 Å². The molecule has 1 aliphatic heterocycles. The molecule has 24 heavy (non-hydrogen) atoms. The monoisotopic (exact) mass is 344 g/mol. The summed E-state index contributed by atoms with van der Waals surface area (Å²) in [6.45, 7) is 4.57. The molecule has 0 radical (unpaired) electrons. The van der Waals surface area contributed by atoms with Gasteiger partial charge in [-0.2, -0.15) is 4.31 Å². The van der Waals surface area contributed by atoms with Crippen LogP contribution in [0.2, 0.25) is 0 Å². The lowest BCUT2D eigenvalue weighted by molar-refractivity contribution is 0.144. The number of aromatic nitrogens is 1. The molecule has 1 saturated carbocycles. The molecule has 4 rings (SSSR count). The molecular formula is C18H20N2O3S. The van der Waals surface area contributed by atoms with Gasteiger partial charge in [0.1, 0.15) is 10.5 Å². The molecule has 2 aromatic rings. The first-order valence-corrected chi connectivity index (χ1v) is 9.54. The second-order valence-electron chi connectivity index (χ2n) is 6.80. The molecule has 2 heterocycles. The first-order chi connectivity index (χ1) is 11.4. The zero-order valence-electron chi connectivity index (χ0n) is 13.8. The molecule has 0 amide bonds. The minimum atomic E-state index is -3.64. The fourth-order valence-corrected chi connectivity index (χ4v) is 4.73. The third kappa shape index (κ3) is 2.59. The van der Waals surface area contributed by atoms with Gasteiger partial charge in [-0.25, -0.2) is 13.4 Å². The summed E-state index contributed by atoms with van der Waals surface area (Å²) in [6.07, 6.45) is 3.38. The van der Waals surface area contributed by atoms with Crippen molar-refractivity contribution in [3.8, 4) is 5.88 Å². The highest BCUT2D eigenvalue weighted by atomic mass is 32.2. The molecule has 0 bridgehead atoms. The van der Waals surface area contributed by atoms with Gasteiger partial charge in [0, 0.05) is 12.7 Å². The van der Waals surface area contributed by atoms with Crippen LogP contribution in [0, 0.1) is 13.8 Å². The van der Waals surface area contributed by atoms with Crippen LogP contribution in [-0.2, 0) is 16.6 Å². The van der Waals surface area contributed by atoms with E-state index in [0.29, 0.717) is 13.1 Å². The van der Waals surface area contributed by atoms with Gasteiger partial charge >= 0.3 is 0 Å². The second kappa shape index (κ2) is 5.29. The predicted octanol–water partition coefficient (Wildman–Crippen LogP) is 2.81. The van der Waals surface area contributed by atoms with E-state index < -0.39 is 15.6 Å². The SMILES string of the molecule is Cc1cnc2c(c1)S(=O)(=O)N(Cc1ccccc1C)CC1(CC1)O2. The van der Waals surface area contributed by atoms with E-state index >= 15 is 0 Å². The molecule has 1 spiro atoms. The minimum Gasteiger partial charge on any atom is -0.469 e. The Kier molecular flexibility index (Phi) is 3.44. The van der Waals surface area contributed by atoms with Crippen LogP contribution >= 0.6 is 0 Å². The average Bonchev–Trinajstić information content (AvgIpc) is 3.30. The summed E-state index contributed by atoms with van der Waals surface area (Å²) in [5.41, 5.74) is 2.50. The van der Waals surface area contributed by atoms with Crippen molar-refractivity contribution in [2.24, 2.45) is 0 Å². The number of hydrogen-bond donors (Lipinski definition) is 0. The molecule has 0 atom stereocenters. The lowest BCUT2D eigenvalue weighted by atomic mass is 10.1. The smallest absolute Gasteiger partial charge is 0.248 e. The molecule has 1 aromatic carbocycles. The Morgan fingerprint density at radius 3 is 2.71 bits per heavy atom. The van der Waals surface area contributed by atoms with E-state index in [2.05, 4.69) is 4.98 Å². The van der Waals surface area contributed by atoms with Gasteiger partial charge in [-0.3, -0.25) is 0 Å². The van der Waals surface area contributed by atoms with Crippen molar-refractivity contribution in [1.29, 1.82) is 0 Å². The fraction of sp³-hybridized carbons (Fsp3) is 0.389. The quantitative estimate of drug-likeness (QED) is 0.840. The second-order valence-corrected chi connectivity index (χ2v) is 8.71. The summed E-state index contributed by atoms with van der Waals surface area (Å²) >= 11 is 0. The molecule has 0 N–H and O–H groups in total. The van der Waals surface area contributed by atoms with Crippen LogP contribution in [0.1, 0.15) is 29.5 Å². The minimum absolute atomic E-state index is 0.180. The number of aryl methyl sites for hydroxylation is 2. The van der Waals surface area contributed by atoms with Crippen LogP contribution < -0.4 is 4.74 Å². The van der Waals surface area contributed by atoms with Crippen molar-refractivity contribution in [3.63, 3.8) is 0 Å². The summed E-state index contributed by atoms with van der Waals surface area (Å²) < 4.78 is 34.0. The fourth-order valence-electron chi connectivity index (χ4n) is 3.09. The molecule has 0 unspecified atom stereocenters. The van der Waals surface area contributed by atoms with Crippen LogP contribution in [0.5, 0.6) is 5.88 Å². The number of pyridine rings is 1. The molecule has 1 fully saturated rings. The van der Waals surface area contributed by atoms with Crippen molar-refractivity contribution < 1.29 is 13.2 Å². The van der Waals surface area contributed by atoms with E-state index in [-0.39, 0.29) is 10.8 Å². The molecule has 126 valence electrons. The van der Waals surface area contributed by atoms with Crippen LogP contribution in [0.4, 0.5) is 0 Å². The molecular weight excluding hydrogens is 324 g/mol. The Morgan fingerprint density at radius 2 is 2.00 bits per heavy atom. The highest BCUT2D eigenvalue weighted by Crippen LogP contribution is 2.46. The number of hydrogen-bond acceptors (Lipinski definition) is 4. The third-order valence-electron chi connectivity index (χ3n) is 4.77. The van der Waals surface area contributed by atoms with E-state index in [0.717, 1.165) is 29.5 Å². The van der Waals surface area contributed by atoms with E-state index in [1.165, 1.54) is 0 Å². The van der Waals surface area contributed by atoms with Crippen LogP contribution in [0.15, 0.2) is 41.4 Å². The lowest BCUT2D eigenvalue weighted by Crippen LogP contribution is -2.38. The first-order valence-electron chi connectivity index (χ1n) is 8.10. The third-order valence-corrected chi connectivity index (χ3v) is 6.55. The lowest BCUT2D eigenvalue weighted by Gasteiger charge is -2.23. The Morgan fingerprint density at radius 1 is 1.25 bits per heavy atom. The van der Waals surface area contributed by atoms with E-state index in [1.54, 1.807) is 16.6 Å². The van der Waals surface area contributed by atoms with E-state index in [9.17, 15) is 8.42 Å². The van der Waals surface area contributed by atoms with Gasteiger partial charge < -0.3 is 4.74 Å². The molecule has 0 saturated heterocycles. The standard InChI is InChI=1S/C18H20N2O3S/c1-13-9-16-17(19-10-13)23-18(7-8-18)12-20(24(16,21)22)11-15-6-4-3-5-14(15)2/h3-6,9-10H,7-8,11-12H2,1-2H3. The van der Waals surface area contributed by atoms with Crippen LogP contribution in [0.25, 0.3) is 0 Å². The van der Waals surface area contributed by atoms with Gasteiger partial charge in [-0.05, 0) is 49.4 Å². The first kappa shape index (κ1) is 15.6. The van der Waals surface area contributed by atoms with Crippen molar-refractivity contribution in [2.75, 3.05) is 6.54 Å². The zero-order chi connectivity index (χ0) is 16.9. The maximum atomic E-state index is 13.2. The number of benzene rings is 1. The summed E-state index contributed by atoms with van der Waals surface area (Å²) in [5, 5.41) is 0. The van der Waals surface area contributed by atoms with Crippen molar-refractivity contribution in [1.82, 2.24) is 9.29 Å². The highest BCUT2D eigenvalue weighted by molar-refractivity contribution is 7.89. The molecule has 5 nitrogen and oxygen atoms in total. The Hall–Kier alpha value is -1.92. The Bertz CT molecular complexity index is 904. The molecule has 1 aliphatic carbocycles. The number of fused-ring (bicyclic) bond motifs is 1. The summed E-state index contributed by atoms with van der Waals surface area (Å²) in [4.78, 5) is 4.42. The van der Waals surface area contributed by atoms with Crippen molar-refractivity contribution in [2.45, 2.75) is 43.7 Å². The number of ether oxygens (including phenoxy) is 1. The average molecular weight is 344 g/mol. The summed E-state index contributed by atoms with van der Waals surface area (Å²) in [7, 11) is -3.64. The Labute approximate surface area is 142 Å². The number of nitrogens with zero attached hydrogens (tertiary/aromatic N) is 2. The van der Waals surface area contributed by atoms with E-state index in [4.69, 9.17) is 4.74 Å². The molecule has 2 aliphatic rings. The van der Waals surface area contributed by atoms with Crippen molar-refractivity contribution >= 4 is 10.0 Å². The highest BCUT2D eigenvalue weighted by Gasteiger charge is 2.52. The van der Waals surface area contributed by atoms with Gasteiger partial charge in [0.25, 0.3) is 0 Å². The van der Waals surface area contributed by atoms with E-state index in [1.807, 2.05) is 38.1 Å². The van der Waals surface area contributed by atoms with Gasteiger partial charge in [-0.1, -0.05) is 24.3 Å². The largest absolute Gasteiger partial charge is 0.469 e. The van der Waals surface area contributed by atoms with Crippen LogP contribution in [0.3, 0.4) is 0 Å².